The summed E-state index contributed by atoms with van der Waals surface area (Å²) >= 11 is 0. The fourth-order valence-corrected chi connectivity index (χ4v) is 4.69. The molecule has 0 aliphatic rings. The number of benzene rings is 1. The lowest BCUT2D eigenvalue weighted by atomic mass is 9.86. The monoisotopic (exact) mass is 610 g/mol. The molecule has 44 heavy (non-hydrogen) atoms. The number of unbranched alkanes of at least 4 members (excludes halogenated alkanes) is 3. The van der Waals surface area contributed by atoms with Gasteiger partial charge in [-0.1, -0.05) is 53.0 Å². The molecule has 240 valence electrons. The molecule has 10 nitrogen and oxygen atoms in total. The van der Waals surface area contributed by atoms with Crippen molar-refractivity contribution in [3.8, 4) is 22.9 Å². The van der Waals surface area contributed by atoms with E-state index in [0.29, 0.717) is 47.5 Å². The summed E-state index contributed by atoms with van der Waals surface area (Å²) in [5.41, 5.74) is 1.80. The van der Waals surface area contributed by atoms with Gasteiger partial charge in [0.1, 0.15) is 11.4 Å². The summed E-state index contributed by atoms with van der Waals surface area (Å²) in [7, 11) is -1.90. The zero-order valence-corrected chi connectivity index (χ0v) is 27.2. The average molecular weight is 611 g/mol. The highest BCUT2D eigenvalue weighted by Gasteiger charge is 2.30. The van der Waals surface area contributed by atoms with Gasteiger partial charge in [0.25, 0.3) is 0 Å². The molecular formula is C33H47BN2O8. The summed E-state index contributed by atoms with van der Waals surface area (Å²) in [4.78, 5) is 31.4. The first kappa shape index (κ1) is 34.9. The molecule has 0 saturated heterocycles. The molecule has 0 saturated carbocycles. The Bertz CT molecular complexity index is 1430. The second-order valence-corrected chi connectivity index (χ2v) is 11.7. The molecule has 0 amide bonds. The number of ether oxygens (including phenoxy) is 4. The van der Waals surface area contributed by atoms with Crippen LogP contribution in [-0.4, -0.2) is 64.2 Å². The van der Waals surface area contributed by atoms with E-state index in [1.807, 2.05) is 19.9 Å². The number of carbonyl (C=O) groups excluding carboxylic acids is 2. The van der Waals surface area contributed by atoms with E-state index in [0.717, 1.165) is 48.7 Å². The topological polar surface area (TPSA) is 129 Å². The van der Waals surface area contributed by atoms with Gasteiger partial charge in [-0.25, -0.2) is 14.6 Å². The molecule has 11 heteroatoms. The fourth-order valence-electron chi connectivity index (χ4n) is 4.69. The van der Waals surface area contributed by atoms with Gasteiger partial charge in [-0.15, -0.1) is 0 Å². The van der Waals surface area contributed by atoms with Crippen molar-refractivity contribution in [1.82, 2.24) is 9.55 Å². The Morgan fingerprint density at radius 3 is 2.14 bits per heavy atom. The number of esters is 1. The summed E-state index contributed by atoms with van der Waals surface area (Å²) in [6, 6.07) is 6.86. The third-order valence-electron chi connectivity index (χ3n) is 6.93. The molecule has 3 rings (SSSR count). The smallest absolute Gasteiger partial charge is 0.492 e. The first-order valence-corrected chi connectivity index (χ1v) is 15.7. The van der Waals surface area contributed by atoms with Gasteiger partial charge in [0.2, 0.25) is 5.88 Å². The molecular weight excluding hydrogens is 563 g/mol. The summed E-state index contributed by atoms with van der Waals surface area (Å²) in [5, 5.41) is 20.8. The summed E-state index contributed by atoms with van der Waals surface area (Å²) in [5.74, 6) is 0.0186. The van der Waals surface area contributed by atoms with E-state index in [1.165, 1.54) is 6.07 Å². The SMILES string of the molecule is CCCCOC(=O)c1c(OCCCC)nc(-c2ccc3c(c2)cc(B(O)O)n3C(=O)OC(C)(C)C)c(CC)c1OCCCC. The van der Waals surface area contributed by atoms with Crippen LogP contribution in [0.15, 0.2) is 24.3 Å². The van der Waals surface area contributed by atoms with E-state index in [9.17, 15) is 19.6 Å². The van der Waals surface area contributed by atoms with E-state index in [4.69, 9.17) is 23.9 Å². The van der Waals surface area contributed by atoms with Gasteiger partial charge in [0.05, 0.1) is 36.6 Å². The van der Waals surface area contributed by atoms with Crippen molar-refractivity contribution in [2.45, 2.75) is 99.0 Å². The highest BCUT2D eigenvalue weighted by molar-refractivity contribution is 6.59. The molecule has 0 aliphatic heterocycles. The maximum absolute atomic E-state index is 13.5. The predicted octanol–water partition coefficient (Wildman–Crippen LogP) is 6.04. The molecule has 0 atom stereocenters. The van der Waals surface area contributed by atoms with Crippen LogP contribution < -0.4 is 15.1 Å². The number of rotatable bonds is 15. The molecule has 2 heterocycles. The van der Waals surface area contributed by atoms with Crippen molar-refractivity contribution >= 4 is 35.7 Å². The van der Waals surface area contributed by atoms with Crippen LogP contribution in [0.3, 0.4) is 0 Å². The van der Waals surface area contributed by atoms with Gasteiger partial charge in [-0.2, -0.15) is 0 Å². The Labute approximate surface area is 260 Å². The van der Waals surface area contributed by atoms with Crippen molar-refractivity contribution in [2.75, 3.05) is 19.8 Å². The fraction of sp³-hybridized carbons (Fsp3) is 0.545. The molecule has 0 aliphatic carbocycles. The van der Waals surface area contributed by atoms with Crippen molar-refractivity contribution in [2.24, 2.45) is 0 Å². The molecule has 1 aromatic carbocycles. The molecule has 0 fully saturated rings. The van der Waals surface area contributed by atoms with Crippen LogP contribution in [0, 0.1) is 0 Å². The molecule has 0 spiro atoms. The second-order valence-electron chi connectivity index (χ2n) is 11.7. The minimum Gasteiger partial charge on any atom is -0.492 e. The van der Waals surface area contributed by atoms with Crippen LogP contribution >= 0.6 is 0 Å². The molecule has 0 unspecified atom stereocenters. The van der Waals surface area contributed by atoms with Crippen molar-refractivity contribution in [1.29, 1.82) is 0 Å². The molecule has 0 bridgehead atoms. The van der Waals surface area contributed by atoms with Crippen molar-refractivity contribution in [3.63, 3.8) is 0 Å². The van der Waals surface area contributed by atoms with E-state index in [-0.39, 0.29) is 23.6 Å². The minimum atomic E-state index is -1.90. The Kier molecular flexibility index (Phi) is 12.7. The van der Waals surface area contributed by atoms with E-state index < -0.39 is 24.8 Å². The van der Waals surface area contributed by atoms with Crippen LogP contribution in [0.2, 0.25) is 0 Å². The van der Waals surface area contributed by atoms with Gasteiger partial charge in [0, 0.05) is 16.5 Å². The van der Waals surface area contributed by atoms with Crippen LogP contribution in [0.1, 0.15) is 103 Å². The lowest BCUT2D eigenvalue weighted by Crippen LogP contribution is -2.40. The lowest BCUT2D eigenvalue weighted by molar-refractivity contribution is 0.0486. The number of pyridine rings is 1. The average Bonchev–Trinajstić information content (AvgIpc) is 3.36. The lowest BCUT2D eigenvalue weighted by Gasteiger charge is -2.21. The van der Waals surface area contributed by atoms with Gasteiger partial charge < -0.3 is 29.0 Å². The maximum Gasteiger partial charge on any atom is 0.506 e. The van der Waals surface area contributed by atoms with Gasteiger partial charge in [-0.05, 0) is 64.7 Å². The molecule has 0 radical (unpaired) electrons. The molecule has 3 aromatic rings. The first-order chi connectivity index (χ1) is 21.0. The van der Waals surface area contributed by atoms with Gasteiger partial charge >= 0.3 is 19.2 Å². The summed E-state index contributed by atoms with van der Waals surface area (Å²) in [6.07, 6.45) is 4.81. The quantitative estimate of drug-likeness (QED) is 0.120. The third kappa shape index (κ3) is 8.54. The van der Waals surface area contributed by atoms with Crippen molar-refractivity contribution in [3.05, 3.63) is 35.4 Å². The standard InChI is InChI=1S/C33H47BN2O8/c1-8-12-17-41-29-24(11-4)28(35-30(42-18-13-9-2)27(29)31(37)43-19-14-10-3)22-15-16-25-23(20-22)21-26(34(39)40)36(25)32(38)44-33(5,6)7/h15-16,20-21,39-40H,8-14,17-19H2,1-7H3. The maximum atomic E-state index is 13.5. The first-order valence-electron chi connectivity index (χ1n) is 15.7. The highest BCUT2D eigenvalue weighted by Crippen LogP contribution is 2.39. The van der Waals surface area contributed by atoms with Crippen LogP contribution in [0.25, 0.3) is 22.2 Å². The van der Waals surface area contributed by atoms with E-state index in [1.54, 1.807) is 32.9 Å². The molecule has 2 aromatic heterocycles. The third-order valence-corrected chi connectivity index (χ3v) is 6.93. The zero-order valence-electron chi connectivity index (χ0n) is 27.2. The van der Waals surface area contributed by atoms with Crippen LogP contribution in [0.4, 0.5) is 4.79 Å². The number of carbonyl (C=O) groups is 2. The molecule has 2 N–H and O–H groups in total. The number of hydrogen-bond acceptors (Lipinski definition) is 9. The highest BCUT2D eigenvalue weighted by atomic mass is 16.6. The number of nitrogens with zero attached hydrogens (tertiary/aromatic N) is 2. The Morgan fingerprint density at radius 1 is 0.909 bits per heavy atom. The normalized spacial score (nSPS) is 11.5. The minimum absolute atomic E-state index is 0.0209. The van der Waals surface area contributed by atoms with E-state index in [2.05, 4.69) is 13.8 Å². The van der Waals surface area contributed by atoms with Crippen LogP contribution in [-0.2, 0) is 15.9 Å². The van der Waals surface area contributed by atoms with Gasteiger partial charge in [0.15, 0.2) is 5.56 Å². The Balaban J connectivity index is 2.25. The zero-order chi connectivity index (χ0) is 32.4. The largest absolute Gasteiger partial charge is 0.506 e. The van der Waals surface area contributed by atoms with Crippen molar-refractivity contribution < 1.29 is 38.6 Å². The second kappa shape index (κ2) is 15.9. The van der Waals surface area contributed by atoms with Crippen LogP contribution in [0.5, 0.6) is 11.6 Å². The predicted molar refractivity (Wildman–Crippen MR) is 172 cm³/mol. The number of hydrogen-bond donors (Lipinski definition) is 2. The van der Waals surface area contributed by atoms with E-state index >= 15 is 0 Å². The number of aromatic nitrogens is 2. The Hall–Kier alpha value is -3.57. The summed E-state index contributed by atoms with van der Waals surface area (Å²) in [6.45, 7) is 14.4. The number of fused-ring (bicyclic) bond motifs is 1. The summed E-state index contributed by atoms with van der Waals surface area (Å²) < 4.78 is 24.7. The Morgan fingerprint density at radius 2 is 1.55 bits per heavy atom. The van der Waals surface area contributed by atoms with Gasteiger partial charge in [-0.3, -0.25) is 4.57 Å².